The number of nitrogens with zero attached hydrogens (tertiary/aromatic N) is 3. The van der Waals surface area contributed by atoms with Crippen molar-refractivity contribution < 1.29 is 9.72 Å². The van der Waals surface area contributed by atoms with Crippen molar-refractivity contribution >= 4 is 23.2 Å². The second kappa shape index (κ2) is 6.10. The average Bonchev–Trinajstić information content (AvgIpc) is 3.21. The highest BCUT2D eigenvalue weighted by Crippen LogP contribution is 2.27. The smallest absolute Gasteiger partial charge is 0.354 e. The summed E-state index contributed by atoms with van der Waals surface area (Å²) in [5, 5.41) is 16.5. The van der Waals surface area contributed by atoms with Gasteiger partial charge in [-0.05, 0) is 12.8 Å². The molecule has 0 unspecified atom stereocenters. The largest absolute Gasteiger partial charge is 0.364 e. The minimum atomic E-state index is -0.637. The van der Waals surface area contributed by atoms with E-state index in [1.54, 1.807) is 0 Å². The van der Waals surface area contributed by atoms with Gasteiger partial charge in [-0.25, -0.2) is 15.8 Å². The highest BCUT2D eigenvalue weighted by Gasteiger charge is 2.24. The van der Waals surface area contributed by atoms with Gasteiger partial charge in [0.2, 0.25) is 17.5 Å². The van der Waals surface area contributed by atoms with Gasteiger partial charge in [0.05, 0.1) is 4.92 Å². The number of rotatable bonds is 7. The van der Waals surface area contributed by atoms with Crippen molar-refractivity contribution in [2.24, 2.45) is 5.84 Å². The average molecular weight is 281 g/mol. The second-order valence-corrected chi connectivity index (χ2v) is 4.34. The molecule has 0 saturated heterocycles. The van der Waals surface area contributed by atoms with Gasteiger partial charge in [0.25, 0.3) is 0 Å². The zero-order valence-corrected chi connectivity index (χ0v) is 10.6. The molecule has 0 bridgehead atoms. The molecule has 0 radical (unpaired) electrons. The van der Waals surface area contributed by atoms with Crippen LogP contribution in [0.4, 0.5) is 17.3 Å². The Balaban J connectivity index is 1.94. The minimum Gasteiger partial charge on any atom is -0.364 e. The molecule has 1 aliphatic rings. The number of hydrazine groups is 1. The second-order valence-electron chi connectivity index (χ2n) is 4.34. The molecular weight excluding hydrogens is 266 g/mol. The topological polar surface area (TPSA) is 148 Å². The number of nitrogen functional groups attached to an aromatic ring is 1. The Kier molecular flexibility index (Phi) is 4.25. The molecule has 0 aromatic carbocycles. The predicted molar refractivity (Wildman–Crippen MR) is 70.8 cm³/mol. The Morgan fingerprint density at radius 3 is 2.75 bits per heavy atom. The molecular formula is C10H15N7O3. The number of carbonyl (C=O) groups excluding carboxylic acids is 1. The monoisotopic (exact) mass is 281 g/mol. The van der Waals surface area contributed by atoms with Crippen LogP contribution in [0.1, 0.15) is 19.3 Å². The lowest BCUT2D eigenvalue weighted by molar-refractivity contribution is -0.383. The van der Waals surface area contributed by atoms with E-state index in [0.29, 0.717) is 6.04 Å². The number of anilines is 2. The summed E-state index contributed by atoms with van der Waals surface area (Å²) in [4.78, 5) is 29.3. The van der Waals surface area contributed by atoms with Crippen LogP contribution in [0.2, 0.25) is 0 Å². The Labute approximate surface area is 114 Å². The van der Waals surface area contributed by atoms with Gasteiger partial charge in [-0.1, -0.05) is 0 Å². The summed E-state index contributed by atoms with van der Waals surface area (Å²) in [6.07, 6.45) is 3.39. The number of aromatic nitrogens is 2. The summed E-state index contributed by atoms with van der Waals surface area (Å²) in [7, 11) is 0. The highest BCUT2D eigenvalue weighted by atomic mass is 16.6. The number of amides is 1. The number of nitro groups is 1. The molecule has 20 heavy (non-hydrogen) atoms. The third kappa shape index (κ3) is 3.51. The van der Waals surface area contributed by atoms with Crippen molar-refractivity contribution in [1.29, 1.82) is 0 Å². The summed E-state index contributed by atoms with van der Waals surface area (Å²) in [5.74, 6) is 5.01. The maximum Gasteiger partial charge on any atom is 0.354 e. The van der Waals surface area contributed by atoms with Gasteiger partial charge in [-0.15, -0.1) is 0 Å². The number of hydrogen-bond acceptors (Lipinski definition) is 8. The Morgan fingerprint density at radius 1 is 1.45 bits per heavy atom. The third-order valence-electron chi connectivity index (χ3n) is 2.73. The fourth-order valence-electron chi connectivity index (χ4n) is 1.61. The Morgan fingerprint density at radius 2 is 2.15 bits per heavy atom. The van der Waals surface area contributed by atoms with E-state index < -0.39 is 4.92 Å². The first-order chi connectivity index (χ1) is 9.61. The molecule has 0 aliphatic heterocycles. The molecule has 1 aliphatic carbocycles. The van der Waals surface area contributed by atoms with Crippen LogP contribution < -0.4 is 21.9 Å². The molecule has 1 heterocycles. The molecule has 2 rings (SSSR count). The quantitative estimate of drug-likeness (QED) is 0.304. The van der Waals surface area contributed by atoms with Gasteiger partial charge < -0.3 is 16.1 Å². The van der Waals surface area contributed by atoms with Crippen molar-refractivity contribution in [3.63, 3.8) is 0 Å². The summed E-state index contributed by atoms with van der Waals surface area (Å²) < 4.78 is 0. The molecule has 108 valence electrons. The summed E-state index contributed by atoms with van der Waals surface area (Å²) >= 11 is 0. The SMILES string of the molecule is NNc1ncnc(NCCC(=O)NC2CC2)c1[N+](=O)[O-]. The number of nitrogens with one attached hydrogen (secondary N) is 3. The van der Waals surface area contributed by atoms with Crippen LogP contribution in [0.15, 0.2) is 6.33 Å². The van der Waals surface area contributed by atoms with Crippen molar-refractivity contribution in [1.82, 2.24) is 15.3 Å². The zero-order chi connectivity index (χ0) is 14.5. The molecule has 1 amide bonds. The van der Waals surface area contributed by atoms with Gasteiger partial charge >= 0.3 is 5.69 Å². The summed E-state index contributed by atoms with van der Waals surface area (Å²) in [6.45, 7) is 0.237. The van der Waals surface area contributed by atoms with E-state index in [9.17, 15) is 14.9 Å². The minimum absolute atomic E-state index is 0.0252. The van der Waals surface area contributed by atoms with E-state index in [4.69, 9.17) is 5.84 Å². The predicted octanol–water partition coefficient (Wildman–Crippen LogP) is -0.249. The lowest BCUT2D eigenvalue weighted by atomic mass is 10.3. The van der Waals surface area contributed by atoms with Gasteiger partial charge in [0.1, 0.15) is 6.33 Å². The standard InChI is InChI=1S/C10H15N7O3/c11-16-10-8(17(19)20)9(13-5-14-10)12-4-3-7(18)15-6-1-2-6/h5-6H,1-4,11H2,(H,15,18)(H2,12,13,14,16). The number of hydrogen-bond donors (Lipinski definition) is 4. The van der Waals surface area contributed by atoms with Crippen LogP contribution in [0.5, 0.6) is 0 Å². The van der Waals surface area contributed by atoms with Crippen LogP contribution in [0, 0.1) is 10.1 Å². The van der Waals surface area contributed by atoms with Crippen molar-refractivity contribution in [3.05, 3.63) is 16.4 Å². The summed E-state index contributed by atoms with van der Waals surface area (Å²) in [6, 6.07) is 0.295. The van der Waals surface area contributed by atoms with E-state index in [2.05, 4.69) is 26.0 Å². The van der Waals surface area contributed by atoms with Crippen LogP contribution in [-0.4, -0.2) is 33.4 Å². The normalized spacial score (nSPS) is 13.7. The van der Waals surface area contributed by atoms with E-state index in [1.165, 1.54) is 0 Å². The lowest BCUT2D eigenvalue weighted by Crippen LogP contribution is -2.27. The number of carbonyl (C=O) groups is 1. The third-order valence-corrected chi connectivity index (χ3v) is 2.73. The van der Waals surface area contributed by atoms with Gasteiger partial charge in [0.15, 0.2) is 0 Å². The maximum atomic E-state index is 11.5. The van der Waals surface area contributed by atoms with Gasteiger partial charge in [-0.3, -0.25) is 14.9 Å². The van der Waals surface area contributed by atoms with Gasteiger partial charge in [-0.2, -0.15) is 0 Å². The van der Waals surface area contributed by atoms with Gasteiger partial charge in [0, 0.05) is 19.0 Å². The van der Waals surface area contributed by atoms with Crippen molar-refractivity contribution in [2.75, 3.05) is 17.3 Å². The Bertz CT molecular complexity index is 518. The van der Waals surface area contributed by atoms with Crippen molar-refractivity contribution in [3.8, 4) is 0 Å². The first-order valence-electron chi connectivity index (χ1n) is 6.11. The molecule has 10 nitrogen and oxygen atoms in total. The zero-order valence-electron chi connectivity index (χ0n) is 10.6. The van der Waals surface area contributed by atoms with E-state index in [0.717, 1.165) is 19.2 Å². The molecule has 1 aromatic heterocycles. The van der Waals surface area contributed by atoms with E-state index >= 15 is 0 Å². The summed E-state index contributed by atoms with van der Waals surface area (Å²) in [5.41, 5.74) is 1.79. The first kappa shape index (κ1) is 13.9. The molecule has 1 aromatic rings. The fraction of sp³-hybridized carbons (Fsp3) is 0.500. The number of nitrogens with two attached hydrogens (primary N) is 1. The molecule has 1 fully saturated rings. The Hall–Kier alpha value is -2.49. The van der Waals surface area contributed by atoms with E-state index in [1.807, 2.05) is 0 Å². The molecule has 10 heteroatoms. The first-order valence-corrected chi connectivity index (χ1v) is 6.11. The van der Waals surface area contributed by atoms with Crippen LogP contribution in [0.3, 0.4) is 0 Å². The molecule has 0 atom stereocenters. The molecule has 5 N–H and O–H groups in total. The van der Waals surface area contributed by atoms with Crippen LogP contribution in [0.25, 0.3) is 0 Å². The van der Waals surface area contributed by atoms with Crippen LogP contribution >= 0.6 is 0 Å². The maximum absolute atomic E-state index is 11.5. The molecule has 1 saturated carbocycles. The molecule has 0 spiro atoms. The van der Waals surface area contributed by atoms with Crippen molar-refractivity contribution in [2.45, 2.75) is 25.3 Å². The fourth-order valence-corrected chi connectivity index (χ4v) is 1.61. The lowest BCUT2D eigenvalue weighted by Gasteiger charge is -2.08. The van der Waals surface area contributed by atoms with Crippen LogP contribution in [-0.2, 0) is 4.79 Å². The van der Waals surface area contributed by atoms with E-state index in [-0.39, 0.29) is 36.2 Å². The highest BCUT2D eigenvalue weighted by molar-refractivity contribution is 5.77.